The highest BCUT2D eigenvalue weighted by atomic mass is 35.5. The van der Waals surface area contributed by atoms with Gasteiger partial charge in [-0.2, -0.15) is 0 Å². The average Bonchev–Trinajstić information content (AvgIpc) is 2.53. The summed E-state index contributed by atoms with van der Waals surface area (Å²) in [5.41, 5.74) is 1.08. The van der Waals surface area contributed by atoms with Gasteiger partial charge in [-0.3, -0.25) is 4.98 Å². The zero-order valence-electron chi connectivity index (χ0n) is 16.1. The van der Waals surface area contributed by atoms with Crippen LogP contribution in [0.1, 0.15) is 52.5 Å². The van der Waals surface area contributed by atoms with Gasteiger partial charge < -0.3 is 10.1 Å². The minimum atomic E-state index is -0.173. The maximum Gasteiger partial charge on any atom is 0.149 e. The van der Waals surface area contributed by atoms with E-state index in [0.29, 0.717) is 11.0 Å². The Hall–Kier alpha value is -1.65. The summed E-state index contributed by atoms with van der Waals surface area (Å²) in [6, 6.07) is 10.8. The van der Waals surface area contributed by atoms with Crippen LogP contribution in [0, 0.1) is 0 Å². The topological polar surface area (TPSA) is 47.0 Å². The van der Waals surface area contributed by atoms with Gasteiger partial charge in [-0.05, 0) is 52.5 Å². The van der Waals surface area contributed by atoms with E-state index in [1.165, 1.54) is 5.56 Å². The molecule has 2 aromatic rings. The predicted molar refractivity (Wildman–Crippen MR) is 107 cm³/mol. The molecule has 0 saturated carbocycles. The molecule has 0 unspecified atom stereocenters. The summed E-state index contributed by atoms with van der Waals surface area (Å²) in [4.78, 5) is 8.37. The second-order valence-corrected chi connectivity index (χ2v) is 8.91. The molecule has 1 N–H and O–H groups in total. The molecule has 1 aliphatic heterocycles. The second-order valence-electron chi connectivity index (χ2n) is 8.53. The maximum atomic E-state index is 6.36. The number of halogens is 1. The Balaban J connectivity index is 1.84. The van der Waals surface area contributed by atoms with Crippen LogP contribution in [-0.4, -0.2) is 27.7 Å². The van der Waals surface area contributed by atoms with Crippen molar-refractivity contribution in [2.45, 2.75) is 63.6 Å². The Kier molecular flexibility index (Phi) is 5.27. The highest BCUT2D eigenvalue weighted by molar-refractivity contribution is 6.29. The first kappa shape index (κ1) is 19.1. The molecule has 2 heterocycles. The Labute approximate surface area is 161 Å². The van der Waals surface area contributed by atoms with Gasteiger partial charge in [-0.15, -0.1) is 0 Å². The molecular formula is C21H28ClN3O. The van der Waals surface area contributed by atoms with Crippen LogP contribution in [0.4, 0.5) is 5.82 Å². The number of ether oxygens (including phenoxy) is 1. The van der Waals surface area contributed by atoms with Gasteiger partial charge in [0.05, 0.1) is 23.6 Å². The van der Waals surface area contributed by atoms with Crippen molar-refractivity contribution < 1.29 is 4.74 Å². The standard InChI is InChI=1S/C21H28ClN3O/c1-19(2)14-21(15-20(3,4)26-19,16-8-6-5-7-9-16)10-11-24-18-13-23-12-17(22)25-18/h5-9,12-13H,10-11,14-15H2,1-4H3,(H,24,25). The summed E-state index contributed by atoms with van der Waals surface area (Å²) in [6.45, 7) is 9.59. The first-order valence-electron chi connectivity index (χ1n) is 9.17. The van der Waals surface area contributed by atoms with E-state index in [2.05, 4.69) is 73.3 Å². The molecule has 3 rings (SSSR count). The molecule has 5 heteroatoms. The summed E-state index contributed by atoms with van der Waals surface area (Å²) in [7, 11) is 0. The minimum Gasteiger partial charge on any atom is -0.370 e. The fourth-order valence-electron chi connectivity index (χ4n) is 4.69. The minimum absolute atomic E-state index is 0.0471. The van der Waals surface area contributed by atoms with Crippen molar-refractivity contribution in [2.75, 3.05) is 11.9 Å². The molecule has 0 radical (unpaired) electrons. The molecule has 0 bridgehead atoms. The van der Waals surface area contributed by atoms with Crippen LogP contribution < -0.4 is 5.32 Å². The highest BCUT2D eigenvalue weighted by Crippen LogP contribution is 2.49. The van der Waals surface area contributed by atoms with Crippen LogP contribution >= 0.6 is 11.6 Å². The average molecular weight is 374 g/mol. The van der Waals surface area contributed by atoms with Crippen molar-refractivity contribution >= 4 is 17.4 Å². The lowest BCUT2D eigenvalue weighted by molar-refractivity contribution is -0.180. The number of aromatic nitrogens is 2. The fraction of sp³-hybridized carbons (Fsp3) is 0.524. The molecule has 0 atom stereocenters. The lowest BCUT2D eigenvalue weighted by Crippen LogP contribution is -2.53. The molecule has 4 nitrogen and oxygen atoms in total. The third kappa shape index (κ3) is 4.54. The summed E-state index contributed by atoms with van der Waals surface area (Å²) in [5, 5.41) is 3.79. The van der Waals surface area contributed by atoms with Crippen molar-refractivity contribution in [3.05, 3.63) is 53.4 Å². The molecular weight excluding hydrogens is 346 g/mol. The summed E-state index contributed by atoms with van der Waals surface area (Å²) in [6.07, 6.45) is 6.20. The summed E-state index contributed by atoms with van der Waals surface area (Å²) in [5.74, 6) is 0.714. The van der Waals surface area contributed by atoms with Gasteiger partial charge in [0.25, 0.3) is 0 Å². The number of hydrogen-bond donors (Lipinski definition) is 1. The molecule has 0 amide bonds. The van der Waals surface area contributed by atoms with E-state index < -0.39 is 0 Å². The second kappa shape index (κ2) is 7.16. The summed E-state index contributed by atoms with van der Waals surface area (Å²) < 4.78 is 6.36. The van der Waals surface area contributed by atoms with Crippen LogP contribution in [-0.2, 0) is 10.2 Å². The zero-order valence-corrected chi connectivity index (χ0v) is 16.8. The van der Waals surface area contributed by atoms with E-state index in [1.54, 1.807) is 12.4 Å². The number of anilines is 1. The fourth-order valence-corrected chi connectivity index (χ4v) is 4.83. The van der Waals surface area contributed by atoms with Crippen LogP contribution in [0.5, 0.6) is 0 Å². The quantitative estimate of drug-likeness (QED) is 0.778. The highest BCUT2D eigenvalue weighted by Gasteiger charge is 2.48. The molecule has 0 aliphatic carbocycles. The Morgan fingerprint density at radius 1 is 1.04 bits per heavy atom. The van der Waals surface area contributed by atoms with E-state index in [1.807, 2.05) is 0 Å². The number of rotatable bonds is 5. The number of nitrogens with zero attached hydrogens (tertiary/aromatic N) is 2. The Morgan fingerprint density at radius 2 is 1.69 bits per heavy atom. The first-order valence-corrected chi connectivity index (χ1v) is 9.55. The first-order chi connectivity index (χ1) is 12.2. The van der Waals surface area contributed by atoms with E-state index >= 15 is 0 Å². The molecule has 0 spiro atoms. The third-order valence-electron chi connectivity index (χ3n) is 4.98. The van der Waals surface area contributed by atoms with Crippen LogP contribution in [0.2, 0.25) is 5.15 Å². The van der Waals surface area contributed by atoms with Gasteiger partial charge in [0.2, 0.25) is 0 Å². The van der Waals surface area contributed by atoms with Gasteiger partial charge in [-0.1, -0.05) is 41.9 Å². The van der Waals surface area contributed by atoms with Crippen molar-refractivity contribution in [1.82, 2.24) is 9.97 Å². The van der Waals surface area contributed by atoms with E-state index in [-0.39, 0.29) is 16.6 Å². The third-order valence-corrected chi connectivity index (χ3v) is 5.16. The molecule has 1 saturated heterocycles. The molecule has 1 aromatic carbocycles. The number of benzene rings is 1. The molecule has 1 aliphatic rings. The maximum absolute atomic E-state index is 6.36. The van der Waals surface area contributed by atoms with E-state index in [4.69, 9.17) is 16.3 Å². The van der Waals surface area contributed by atoms with Crippen LogP contribution in [0.15, 0.2) is 42.7 Å². The lowest BCUT2D eigenvalue weighted by atomic mass is 9.63. The zero-order chi connectivity index (χ0) is 18.8. The van der Waals surface area contributed by atoms with Crippen molar-refractivity contribution in [2.24, 2.45) is 0 Å². The predicted octanol–water partition coefficient (Wildman–Crippen LogP) is 5.24. The Morgan fingerprint density at radius 3 is 2.31 bits per heavy atom. The molecule has 140 valence electrons. The van der Waals surface area contributed by atoms with Crippen molar-refractivity contribution in [3.8, 4) is 0 Å². The molecule has 1 fully saturated rings. The van der Waals surface area contributed by atoms with Gasteiger partial charge >= 0.3 is 0 Å². The van der Waals surface area contributed by atoms with Crippen molar-refractivity contribution in [1.29, 1.82) is 0 Å². The van der Waals surface area contributed by atoms with E-state index in [0.717, 1.165) is 25.8 Å². The van der Waals surface area contributed by atoms with Gasteiger partial charge in [0.1, 0.15) is 11.0 Å². The summed E-state index contributed by atoms with van der Waals surface area (Å²) >= 11 is 5.94. The number of hydrogen-bond acceptors (Lipinski definition) is 4. The van der Waals surface area contributed by atoms with Crippen LogP contribution in [0.3, 0.4) is 0 Å². The smallest absolute Gasteiger partial charge is 0.149 e. The normalized spacial score (nSPS) is 20.5. The van der Waals surface area contributed by atoms with Gasteiger partial charge in [0.15, 0.2) is 0 Å². The largest absolute Gasteiger partial charge is 0.370 e. The molecule has 1 aromatic heterocycles. The number of nitrogens with one attached hydrogen (secondary N) is 1. The Bertz CT molecular complexity index is 730. The molecule has 26 heavy (non-hydrogen) atoms. The van der Waals surface area contributed by atoms with Gasteiger partial charge in [0, 0.05) is 12.0 Å². The monoisotopic (exact) mass is 373 g/mol. The van der Waals surface area contributed by atoms with Gasteiger partial charge in [-0.25, -0.2) is 4.98 Å². The van der Waals surface area contributed by atoms with Crippen molar-refractivity contribution in [3.63, 3.8) is 0 Å². The van der Waals surface area contributed by atoms with Crippen LogP contribution in [0.25, 0.3) is 0 Å². The SMILES string of the molecule is CC1(C)CC(CCNc2cncc(Cl)n2)(c2ccccc2)CC(C)(C)O1. The lowest BCUT2D eigenvalue weighted by Gasteiger charge is -2.52. The van der Waals surface area contributed by atoms with E-state index in [9.17, 15) is 0 Å².